The van der Waals surface area contributed by atoms with Crippen molar-refractivity contribution in [2.45, 2.75) is 45.9 Å². The Hall–Kier alpha value is -0.870. The van der Waals surface area contributed by atoms with Gasteiger partial charge < -0.3 is 10.5 Å². The van der Waals surface area contributed by atoms with Crippen LogP contribution in [0.1, 0.15) is 38.8 Å². The van der Waals surface area contributed by atoms with E-state index >= 15 is 0 Å². The van der Waals surface area contributed by atoms with E-state index in [2.05, 4.69) is 12.0 Å². The van der Waals surface area contributed by atoms with Crippen LogP contribution in [0, 0.1) is 0 Å². The number of ether oxygens (including phenoxy) is 1. The first kappa shape index (κ1) is 12.2. The smallest absolute Gasteiger partial charge is 0.0664 e. The van der Waals surface area contributed by atoms with Gasteiger partial charge in [0.25, 0.3) is 0 Å². The Labute approximate surface area is 91.4 Å². The van der Waals surface area contributed by atoms with Crippen molar-refractivity contribution in [2.24, 2.45) is 5.73 Å². The summed E-state index contributed by atoms with van der Waals surface area (Å²) in [5.74, 6) is 0. The molecule has 0 radical (unpaired) electrons. The molecule has 0 saturated carbocycles. The highest BCUT2D eigenvalue weighted by Gasteiger charge is 2.09. The fraction of sp³-hybridized carbons (Fsp3) is 0.727. The average molecular weight is 211 g/mol. The second kappa shape index (κ2) is 5.88. The molecule has 1 unspecified atom stereocenters. The lowest BCUT2D eigenvalue weighted by molar-refractivity contribution is 0.0683. The molecule has 1 rings (SSSR count). The second-order valence-corrected chi connectivity index (χ2v) is 4.03. The molecule has 0 bridgehead atoms. The zero-order valence-corrected chi connectivity index (χ0v) is 9.81. The molecule has 0 aliphatic heterocycles. The summed E-state index contributed by atoms with van der Waals surface area (Å²) in [6, 6.07) is -0.0713. The average Bonchev–Trinajstić information content (AvgIpc) is 2.63. The number of nitrogens with two attached hydrogens (primary N) is 1. The van der Waals surface area contributed by atoms with Crippen molar-refractivity contribution in [3.05, 3.63) is 18.0 Å². The number of hydrogen-bond donors (Lipinski definition) is 1. The summed E-state index contributed by atoms with van der Waals surface area (Å²) in [4.78, 5) is 0. The molecule has 0 fully saturated rings. The molecule has 4 heteroatoms. The largest absolute Gasteiger partial charge is 0.377 e. The van der Waals surface area contributed by atoms with Crippen molar-refractivity contribution >= 4 is 0 Å². The Morgan fingerprint density at radius 1 is 1.53 bits per heavy atom. The molecule has 0 saturated heterocycles. The SMILES string of the molecule is CCCn1cc(C(N)COC(C)C)cn1. The zero-order valence-electron chi connectivity index (χ0n) is 9.81. The van der Waals surface area contributed by atoms with E-state index in [0.717, 1.165) is 18.5 Å². The van der Waals surface area contributed by atoms with Crippen LogP contribution < -0.4 is 5.73 Å². The Bertz CT molecular complexity index is 283. The van der Waals surface area contributed by atoms with E-state index < -0.39 is 0 Å². The van der Waals surface area contributed by atoms with E-state index in [-0.39, 0.29) is 12.1 Å². The molecule has 15 heavy (non-hydrogen) atoms. The summed E-state index contributed by atoms with van der Waals surface area (Å²) < 4.78 is 7.39. The predicted molar refractivity (Wildman–Crippen MR) is 60.5 cm³/mol. The number of aromatic nitrogens is 2. The van der Waals surface area contributed by atoms with Crippen LogP contribution in [0.2, 0.25) is 0 Å². The minimum absolute atomic E-state index is 0.0713. The van der Waals surface area contributed by atoms with Gasteiger partial charge in [0.1, 0.15) is 0 Å². The van der Waals surface area contributed by atoms with Gasteiger partial charge in [-0.3, -0.25) is 4.68 Å². The summed E-state index contributed by atoms with van der Waals surface area (Å²) in [5, 5.41) is 4.24. The third-order valence-electron chi connectivity index (χ3n) is 2.14. The maximum atomic E-state index is 5.97. The first-order valence-electron chi connectivity index (χ1n) is 5.53. The molecule has 1 heterocycles. The normalized spacial score (nSPS) is 13.4. The van der Waals surface area contributed by atoms with Crippen LogP contribution in [0.15, 0.2) is 12.4 Å². The zero-order chi connectivity index (χ0) is 11.3. The van der Waals surface area contributed by atoms with Crippen LogP contribution in [0.3, 0.4) is 0 Å². The fourth-order valence-electron chi connectivity index (χ4n) is 1.31. The summed E-state index contributed by atoms with van der Waals surface area (Å²) >= 11 is 0. The van der Waals surface area contributed by atoms with Gasteiger partial charge in [-0.25, -0.2) is 0 Å². The fourth-order valence-corrected chi connectivity index (χ4v) is 1.31. The van der Waals surface area contributed by atoms with Gasteiger partial charge in [-0.05, 0) is 20.3 Å². The number of hydrogen-bond acceptors (Lipinski definition) is 3. The lowest BCUT2D eigenvalue weighted by Crippen LogP contribution is -2.19. The van der Waals surface area contributed by atoms with Crippen LogP contribution in [-0.4, -0.2) is 22.5 Å². The standard InChI is InChI=1S/C11H21N3O/c1-4-5-14-7-10(6-13-14)11(12)8-15-9(2)3/h6-7,9,11H,4-5,8,12H2,1-3H3. The third kappa shape index (κ3) is 4.01. The van der Waals surface area contributed by atoms with Crippen molar-refractivity contribution in [1.29, 1.82) is 0 Å². The molecule has 0 aliphatic carbocycles. The van der Waals surface area contributed by atoms with Crippen LogP contribution in [0.25, 0.3) is 0 Å². The highest BCUT2D eigenvalue weighted by Crippen LogP contribution is 2.10. The maximum Gasteiger partial charge on any atom is 0.0664 e. The first-order valence-corrected chi connectivity index (χ1v) is 5.53. The molecule has 4 nitrogen and oxygen atoms in total. The Kier molecular flexibility index (Phi) is 4.78. The Balaban J connectivity index is 2.46. The van der Waals surface area contributed by atoms with E-state index in [9.17, 15) is 0 Å². The minimum Gasteiger partial charge on any atom is -0.377 e. The van der Waals surface area contributed by atoms with Gasteiger partial charge in [0.15, 0.2) is 0 Å². The first-order chi connectivity index (χ1) is 7.13. The number of aryl methyl sites for hydroxylation is 1. The lowest BCUT2D eigenvalue weighted by Gasteiger charge is -2.12. The van der Waals surface area contributed by atoms with Gasteiger partial charge >= 0.3 is 0 Å². The predicted octanol–water partition coefficient (Wildman–Crippen LogP) is 1.72. The van der Waals surface area contributed by atoms with Gasteiger partial charge in [0, 0.05) is 18.3 Å². The monoisotopic (exact) mass is 211 g/mol. The third-order valence-corrected chi connectivity index (χ3v) is 2.14. The molecular formula is C11H21N3O. The Morgan fingerprint density at radius 3 is 2.87 bits per heavy atom. The van der Waals surface area contributed by atoms with Crippen molar-refractivity contribution in [1.82, 2.24) is 9.78 Å². The highest BCUT2D eigenvalue weighted by atomic mass is 16.5. The van der Waals surface area contributed by atoms with Gasteiger partial charge in [0.2, 0.25) is 0 Å². The summed E-state index contributed by atoms with van der Waals surface area (Å²) in [7, 11) is 0. The minimum atomic E-state index is -0.0713. The molecule has 1 aromatic heterocycles. The molecule has 2 N–H and O–H groups in total. The summed E-state index contributed by atoms with van der Waals surface area (Å²) in [6.07, 6.45) is 5.13. The summed E-state index contributed by atoms with van der Waals surface area (Å²) in [5.41, 5.74) is 7.02. The van der Waals surface area contributed by atoms with E-state index in [0.29, 0.717) is 6.61 Å². The van der Waals surface area contributed by atoms with Crippen LogP contribution in [0.5, 0.6) is 0 Å². The molecule has 0 spiro atoms. The van der Waals surface area contributed by atoms with Gasteiger partial charge in [-0.2, -0.15) is 5.10 Å². The quantitative estimate of drug-likeness (QED) is 0.779. The van der Waals surface area contributed by atoms with Crippen molar-refractivity contribution in [3.63, 3.8) is 0 Å². The van der Waals surface area contributed by atoms with E-state index in [1.54, 1.807) is 0 Å². The number of nitrogens with zero attached hydrogens (tertiary/aromatic N) is 2. The molecule has 86 valence electrons. The van der Waals surface area contributed by atoms with E-state index in [1.807, 2.05) is 30.9 Å². The Morgan fingerprint density at radius 2 is 2.27 bits per heavy atom. The molecule has 1 atom stereocenters. The molecule has 0 amide bonds. The van der Waals surface area contributed by atoms with Gasteiger partial charge in [-0.15, -0.1) is 0 Å². The molecular weight excluding hydrogens is 190 g/mol. The molecule has 1 aromatic rings. The maximum absolute atomic E-state index is 5.97. The van der Waals surface area contributed by atoms with Crippen LogP contribution in [-0.2, 0) is 11.3 Å². The van der Waals surface area contributed by atoms with Gasteiger partial charge in [0.05, 0.1) is 24.9 Å². The lowest BCUT2D eigenvalue weighted by atomic mass is 10.2. The molecule has 0 aromatic carbocycles. The van der Waals surface area contributed by atoms with Crippen molar-refractivity contribution < 1.29 is 4.74 Å². The topological polar surface area (TPSA) is 53.1 Å². The van der Waals surface area contributed by atoms with Crippen molar-refractivity contribution in [2.75, 3.05) is 6.61 Å². The van der Waals surface area contributed by atoms with Crippen LogP contribution in [0.4, 0.5) is 0 Å². The summed E-state index contributed by atoms with van der Waals surface area (Å²) in [6.45, 7) is 7.64. The van der Waals surface area contributed by atoms with Crippen LogP contribution >= 0.6 is 0 Å². The van der Waals surface area contributed by atoms with E-state index in [1.165, 1.54) is 0 Å². The second-order valence-electron chi connectivity index (χ2n) is 4.03. The van der Waals surface area contributed by atoms with Crippen molar-refractivity contribution in [3.8, 4) is 0 Å². The molecule has 0 aliphatic rings. The highest BCUT2D eigenvalue weighted by molar-refractivity contribution is 5.09. The number of rotatable bonds is 6. The van der Waals surface area contributed by atoms with E-state index in [4.69, 9.17) is 10.5 Å². The van der Waals surface area contributed by atoms with Gasteiger partial charge in [-0.1, -0.05) is 6.92 Å².